The maximum Gasteiger partial charge on any atom is 0.153 e. The molecule has 2 unspecified atom stereocenters. The van der Waals surface area contributed by atoms with Crippen molar-refractivity contribution in [1.82, 2.24) is 5.32 Å². The number of aliphatic hydroxyl groups is 2. The highest BCUT2D eigenvalue weighted by atomic mass is 16.5. The van der Waals surface area contributed by atoms with Gasteiger partial charge in [0.2, 0.25) is 0 Å². The lowest BCUT2D eigenvalue weighted by Crippen LogP contribution is -2.29. The van der Waals surface area contributed by atoms with Crippen LogP contribution in [-0.2, 0) is 0 Å². The van der Waals surface area contributed by atoms with Gasteiger partial charge in [-0.05, 0) is 24.7 Å². The molecule has 94 valence electrons. The minimum absolute atomic E-state index is 0.277. The Morgan fingerprint density at radius 1 is 1.47 bits per heavy atom. The van der Waals surface area contributed by atoms with Gasteiger partial charge in [-0.25, -0.2) is 0 Å². The Morgan fingerprint density at radius 3 is 2.71 bits per heavy atom. The molecule has 5 heteroatoms. The molecule has 1 aromatic carbocycles. The van der Waals surface area contributed by atoms with Crippen molar-refractivity contribution in [3.8, 4) is 5.75 Å². The maximum absolute atomic E-state index is 10.7. The fraction of sp³-hybridized carbons (Fsp3) is 0.417. The number of nitrogens with one attached hydrogen (secondary N) is 1. The average Bonchev–Trinajstić information content (AvgIpc) is 2.37. The van der Waals surface area contributed by atoms with Gasteiger partial charge in [0.15, 0.2) is 6.29 Å². The van der Waals surface area contributed by atoms with Gasteiger partial charge in [-0.2, -0.15) is 0 Å². The van der Waals surface area contributed by atoms with Gasteiger partial charge >= 0.3 is 0 Å². The number of likely N-dealkylation sites (N-methyl/N-ethyl adjacent to an activating group) is 1. The van der Waals surface area contributed by atoms with Gasteiger partial charge in [0.25, 0.3) is 0 Å². The minimum Gasteiger partial charge on any atom is -0.496 e. The van der Waals surface area contributed by atoms with Crippen molar-refractivity contribution < 1.29 is 19.7 Å². The van der Waals surface area contributed by atoms with Crippen LogP contribution in [0.1, 0.15) is 22.0 Å². The second-order valence-electron chi connectivity index (χ2n) is 3.69. The number of benzene rings is 1. The lowest BCUT2D eigenvalue weighted by Gasteiger charge is -2.18. The van der Waals surface area contributed by atoms with E-state index in [-0.39, 0.29) is 6.54 Å². The first-order valence-corrected chi connectivity index (χ1v) is 5.27. The molecule has 0 aromatic heterocycles. The molecule has 0 aliphatic heterocycles. The Morgan fingerprint density at radius 2 is 2.18 bits per heavy atom. The number of hydrogen-bond acceptors (Lipinski definition) is 5. The molecule has 0 amide bonds. The van der Waals surface area contributed by atoms with E-state index in [1.54, 1.807) is 25.2 Å². The molecule has 2 atom stereocenters. The molecule has 0 aliphatic rings. The fourth-order valence-electron chi connectivity index (χ4n) is 1.55. The van der Waals surface area contributed by atoms with Gasteiger partial charge in [-0.1, -0.05) is 6.07 Å². The molecular weight excluding hydrogens is 222 g/mol. The van der Waals surface area contributed by atoms with E-state index in [0.29, 0.717) is 23.2 Å². The number of rotatable bonds is 6. The first-order valence-electron chi connectivity index (χ1n) is 5.27. The van der Waals surface area contributed by atoms with E-state index in [0.717, 1.165) is 0 Å². The van der Waals surface area contributed by atoms with E-state index < -0.39 is 12.2 Å². The summed E-state index contributed by atoms with van der Waals surface area (Å²) in [6.45, 7) is 0.277. The molecule has 0 aliphatic carbocycles. The van der Waals surface area contributed by atoms with Crippen LogP contribution in [0.4, 0.5) is 0 Å². The number of aliphatic hydroxyl groups excluding tert-OH is 2. The van der Waals surface area contributed by atoms with Crippen molar-refractivity contribution in [3.05, 3.63) is 29.3 Å². The number of ether oxygens (including phenoxy) is 1. The Bertz CT molecular complexity index is 381. The van der Waals surface area contributed by atoms with Gasteiger partial charge in [0, 0.05) is 6.54 Å². The highest BCUT2D eigenvalue weighted by molar-refractivity contribution is 5.79. The smallest absolute Gasteiger partial charge is 0.153 e. The molecule has 0 saturated carbocycles. The van der Waals surface area contributed by atoms with Crippen LogP contribution >= 0.6 is 0 Å². The van der Waals surface area contributed by atoms with E-state index in [1.165, 1.54) is 7.11 Å². The normalized spacial score (nSPS) is 14.1. The molecule has 17 heavy (non-hydrogen) atoms. The van der Waals surface area contributed by atoms with Crippen molar-refractivity contribution >= 4 is 6.29 Å². The quantitative estimate of drug-likeness (QED) is 0.615. The number of methoxy groups -OCH3 is 1. The van der Waals surface area contributed by atoms with Crippen LogP contribution in [0.2, 0.25) is 0 Å². The zero-order chi connectivity index (χ0) is 12.8. The fourth-order valence-corrected chi connectivity index (χ4v) is 1.55. The Hall–Kier alpha value is -1.43. The Labute approximate surface area is 100 Å². The van der Waals surface area contributed by atoms with Crippen molar-refractivity contribution in [2.75, 3.05) is 20.7 Å². The van der Waals surface area contributed by atoms with E-state index in [4.69, 9.17) is 4.74 Å². The summed E-state index contributed by atoms with van der Waals surface area (Å²) in [6.07, 6.45) is -1.25. The third-order valence-corrected chi connectivity index (χ3v) is 2.50. The number of carbonyl (C=O) groups is 1. The van der Waals surface area contributed by atoms with E-state index in [1.807, 2.05) is 0 Å². The summed E-state index contributed by atoms with van der Waals surface area (Å²) in [4.78, 5) is 10.7. The van der Waals surface area contributed by atoms with Crippen molar-refractivity contribution in [3.63, 3.8) is 0 Å². The van der Waals surface area contributed by atoms with Crippen molar-refractivity contribution in [2.24, 2.45) is 0 Å². The third-order valence-electron chi connectivity index (χ3n) is 2.50. The van der Waals surface area contributed by atoms with Crippen LogP contribution in [-0.4, -0.2) is 43.3 Å². The molecule has 1 aromatic rings. The van der Waals surface area contributed by atoms with Crippen LogP contribution in [0.5, 0.6) is 5.75 Å². The van der Waals surface area contributed by atoms with Crippen LogP contribution in [0, 0.1) is 0 Å². The molecule has 0 fully saturated rings. The number of carbonyl (C=O) groups excluding carboxylic acids is 1. The lowest BCUT2D eigenvalue weighted by molar-refractivity contribution is 0.0201. The predicted octanol–water partition coefficient (Wildman–Crippen LogP) is 0.121. The number of aldehydes is 1. The third kappa shape index (κ3) is 3.26. The zero-order valence-corrected chi connectivity index (χ0v) is 9.88. The monoisotopic (exact) mass is 239 g/mol. The molecular formula is C12H17NO4. The van der Waals surface area contributed by atoms with Gasteiger partial charge in [-0.15, -0.1) is 0 Å². The summed E-state index contributed by atoms with van der Waals surface area (Å²) in [5.41, 5.74) is 0.918. The molecule has 1 rings (SSSR count). The molecule has 5 nitrogen and oxygen atoms in total. The maximum atomic E-state index is 10.7. The number of hydrogen-bond donors (Lipinski definition) is 3. The molecule has 0 radical (unpaired) electrons. The van der Waals surface area contributed by atoms with E-state index in [9.17, 15) is 15.0 Å². The van der Waals surface area contributed by atoms with Gasteiger partial charge in [-0.3, -0.25) is 4.79 Å². The van der Waals surface area contributed by atoms with Crippen LogP contribution in [0.3, 0.4) is 0 Å². The zero-order valence-electron chi connectivity index (χ0n) is 9.88. The summed E-state index contributed by atoms with van der Waals surface area (Å²) in [7, 11) is 3.13. The first-order chi connectivity index (χ1) is 8.13. The molecule has 0 bridgehead atoms. The van der Waals surface area contributed by atoms with Crippen molar-refractivity contribution in [1.29, 1.82) is 0 Å². The second kappa shape index (κ2) is 6.34. The van der Waals surface area contributed by atoms with Gasteiger partial charge < -0.3 is 20.3 Å². The van der Waals surface area contributed by atoms with Gasteiger partial charge in [0.1, 0.15) is 11.9 Å². The molecule has 0 heterocycles. The lowest BCUT2D eigenvalue weighted by atomic mass is 10.0. The first kappa shape index (κ1) is 13.6. The second-order valence-corrected chi connectivity index (χ2v) is 3.69. The van der Waals surface area contributed by atoms with Crippen LogP contribution < -0.4 is 10.1 Å². The standard InChI is InChI=1S/C12H17NO4/c1-13-6-10(15)12(16)8-3-4-9(7-14)11(5-8)17-2/h3-5,7,10,12-13,15-16H,6H2,1-2H3. The largest absolute Gasteiger partial charge is 0.496 e. The highest BCUT2D eigenvalue weighted by Crippen LogP contribution is 2.24. The summed E-state index contributed by atoms with van der Waals surface area (Å²) in [6, 6.07) is 4.69. The van der Waals surface area contributed by atoms with Crippen LogP contribution in [0.25, 0.3) is 0 Å². The van der Waals surface area contributed by atoms with Crippen LogP contribution in [0.15, 0.2) is 18.2 Å². The van der Waals surface area contributed by atoms with Crippen molar-refractivity contribution in [2.45, 2.75) is 12.2 Å². The summed E-state index contributed by atoms with van der Waals surface area (Å²) in [5.74, 6) is 0.383. The summed E-state index contributed by atoms with van der Waals surface area (Å²) in [5, 5.41) is 22.3. The summed E-state index contributed by atoms with van der Waals surface area (Å²) < 4.78 is 5.03. The Balaban J connectivity index is 2.94. The average molecular weight is 239 g/mol. The van der Waals surface area contributed by atoms with Gasteiger partial charge in [0.05, 0.1) is 18.8 Å². The van der Waals surface area contributed by atoms with E-state index >= 15 is 0 Å². The predicted molar refractivity (Wildman–Crippen MR) is 63.3 cm³/mol. The summed E-state index contributed by atoms with van der Waals surface area (Å²) >= 11 is 0. The highest BCUT2D eigenvalue weighted by Gasteiger charge is 2.18. The SMILES string of the molecule is CNCC(O)C(O)c1ccc(C=O)c(OC)c1. The Kier molecular flexibility index (Phi) is 5.09. The van der Waals surface area contributed by atoms with E-state index in [2.05, 4.69) is 5.32 Å². The topological polar surface area (TPSA) is 78.8 Å². The molecule has 3 N–H and O–H groups in total. The minimum atomic E-state index is -1.02. The molecule has 0 spiro atoms. The molecule has 0 saturated heterocycles.